The lowest BCUT2D eigenvalue weighted by Crippen LogP contribution is -2.44. The first-order chi connectivity index (χ1) is 15.6. The van der Waals surface area contributed by atoms with Crippen LogP contribution in [0.4, 0.5) is 11.5 Å². The number of nitrogens with zero attached hydrogens (tertiary/aromatic N) is 1. The van der Waals surface area contributed by atoms with Gasteiger partial charge in [-0.05, 0) is 53.8 Å². The van der Waals surface area contributed by atoms with Crippen molar-refractivity contribution in [1.82, 2.24) is 10.3 Å². The Kier molecular flexibility index (Phi) is 7.02. The lowest BCUT2D eigenvalue weighted by Gasteiger charge is -2.34. The molecule has 3 aromatic rings. The third-order valence-corrected chi connectivity index (χ3v) is 5.97. The number of carbonyl (C=O) groups is 1. The second-order valence-electron chi connectivity index (χ2n) is 8.15. The van der Waals surface area contributed by atoms with Crippen LogP contribution in [0.5, 0.6) is 0 Å². The SMILES string of the molecule is CCc1ccc(CCN[C@H](c2ccccc2)[C@H]2CNc3cccnc3N2)cc1CC(=O)O. The molecule has 0 radical (unpaired) electrons. The fourth-order valence-corrected chi connectivity index (χ4v) is 4.34. The largest absolute Gasteiger partial charge is 0.481 e. The normalized spacial score (nSPS) is 15.8. The summed E-state index contributed by atoms with van der Waals surface area (Å²) in [5, 5.41) is 20.0. The number of aliphatic carboxylic acids is 1. The highest BCUT2D eigenvalue weighted by molar-refractivity contribution is 5.71. The van der Waals surface area contributed by atoms with Gasteiger partial charge in [0.05, 0.1) is 24.2 Å². The van der Waals surface area contributed by atoms with Crippen LogP contribution >= 0.6 is 0 Å². The highest BCUT2D eigenvalue weighted by atomic mass is 16.4. The molecular weight excluding hydrogens is 400 g/mol. The minimum absolute atomic E-state index is 0.0706. The molecular formula is C26H30N4O2. The molecule has 6 nitrogen and oxygen atoms in total. The number of aromatic nitrogens is 1. The van der Waals surface area contributed by atoms with E-state index < -0.39 is 5.97 Å². The van der Waals surface area contributed by atoms with Gasteiger partial charge in [0.15, 0.2) is 0 Å². The van der Waals surface area contributed by atoms with Crippen LogP contribution < -0.4 is 16.0 Å². The molecule has 0 amide bonds. The van der Waals surface area contributed by atoms with Gasteiger partial charge in [-0.15, -0.1) is 0 Å². The van der Waals surface area contributed by atoms with Gasteiger partial charge in [0.1, 0.15) is 5.82 Å². The predicted octanol–water partition coefficient (Wildman–Crippen LogP) is 4.05. The molecule has 0 saturated heterocycles. The van der Waals surface area contributed by atoms with E-state index in [1.165, 1.54) is 5.56 Å². The molecule has 4 rings (SSSR count). The van der Waals surface area contributed by atoms with Gasteiger partial charge in [-0.1, -0.05) is 55.5 Å². The lowest BCUT2D eigenvalue weighted by molar-refractivity contribution is -0.136. The van der Waals surface area contributed by atoms with Crippen molar-refractivity contribution in [2.24, 2.45) is 0 Å². The maximum Gasteiger partial charge on any atom is 0.307 e. The number of carboxylic acids is 1. The van der Waals surface area contributed by atoms with Gasteiger partial charge in [-0.3, -0.25) is 4.79 Å². The van der Waals surface area contributed by atoms with Crippen molar-refractivity contribution in [2.45, 2.75) is 38.3 Å². The molecule has 6 heteroatoms. The van der Waals surface area contributed by atoms with Gasteiger partial charge in [0.25, 0.3) is 0 Å². The Morgan fingerprint density at radius 1 is 1.16 bits per heavy atom. The summed E-state index contributed by atoms with van der Waals surface area (Å²) in [6.07, 6.45) is 3.54. The molecule has 0 aliphatic carbocycles. The quantitative estimate of drug-likeness (QED) is 0.410. The van der Waals surface area contributed by atoms with Crippen LogP contribution in [0.3, 0.4) is 0 Å². The van der Waals surface area contributed by atoms with Crippen molar-refractivity contribution in [2.75, 3.05) is 23.7 Å². The van der Waals surface area contributed by atoms with E-state index in [9.17, 15) is 9.90 Å². The number of nitrogens with one attached hydrogen (secondary N) is 3. The molecule has 1 aromatic heterocycles. The number of rotatable bonds is 9. The van der Waals surface area contributed by atoms with Crippen molar-refractivity contribution < 1.29 is 9.90 Å². The Hall–Kier alpha value is -3.38. The molecule has 0 spiro atoms. The number of pyridine rings is 1. The van der Waals surface area contributed by atoms with Gasteiger partial charge in [-0.25, -0.2) is 4.98 Å². The van der Waals surface area contributed by atoms with Crippen molar-refractivity contribution in [3.63, 3.8) is 0 Å². The smallest absolute Gasteiger partial charge is 0.307 e. The number of hydrogen-bond acceptors (Lipinski definition) is 5. The van der Waals surface area contributed by atoms with E-state index in [0.717, 1.165) is 54.1 Å². The van der Waals surface area contributed by atoms with E-state index in [2.05, 4.69) is 64.3 Å². The molecule has 2 aromatic carbocycles. The third-order valence-electron chi connectivity index (χ3n) is 5.97. The first-order valence-electron chi connectivity index (χ1n) is 11.2. The van der Waals surface area contributed by atoms with Crippen molar-refractivity contribution in [3.05, 3.63) is 89.1 Å². The zero-order valence-electron chi connectivity index (χ0n) is 18.3. The summed E-state index contributed by atoms with van der Waals surface area (Å²) in [5.74, 6) is 0.0869. The molecule has 4 N–H and O–H groups in total. The molecule has 2 atom stereocenters. The number of carboxylic acid groups (broad SMARTS) is 1. The summed E-state index contributed by atoms with van der Waals surface area (Å²) in [6.45, 7) is 3.63. The number of fused-ring (bicyclic) bond motifs is 1. The standard InChI is InChI=1S/C26H30N4O2/c1-2-19-11-10-18(15-21(19)16-24(31)32)12-14-27-25(20-7-4-3-5-8-20)23-17-29-22-9-6-13-28-26(22)30-23/h3-11,13,15,23,25,27,29H,2,12,14,16-17H2,1H3,(H,28,30)(H,31,32)/t23-,25-/m1/s1. The Morgan fingerprint density at radius 3 is 2.78 bits per heavy atom. The summed E-state index contributed by atoms with van der Waals surface area (Å²) in [7, 11) is 0. The first kappa shape index (κ1) is 21.8. The zero-order chi connectivity index (χ0) is 22.3. The van der Waals surface area contributed by atoms with Crippen LogP contribution in [0, 0.1) is 0 Å². The highest BCUT2D eigenvalue weighted by Gasteiger charge is 2.27. The summed E-state index contributed by atoms with van der Waals surface area (Å²) in [5.41, 5.74) is 5.42. The molecule has 1 aliphatic heterocycles. The fourth-order valence-electron chi connectivity index (χ4n) is 4.34. The van der Waals surface area contributed by atoms with Gasteiger partial charge in [-0.2, -0.15) is 0 Å². The fraction of sp³-hybridized carbons (Fsp3) is 0.308. The minimum atomic E-state index is -0.788. The summed E-state index contributed by atoms with van der Waals surface area (Å²) in [4.78, 5) is 15.7. The average Bonchev–Trinajstić information content (AvgIpc) is 2.82. The molecule has 0 bridgehead atoms. The maximum atomic E-state index is 11.2. The first-order valence-corrected chi connectivity index (χ1v) is 11.2. The van der Waals surface area contributed by atoms with Crippen molar-refractivity contribution in [1.29, 1.82) is 0 Å². The van der Waals surface area contributed by atoms with Gasteiger partial charge in [0, 0.05) is 12.7 Å². The topological polar surface area (TPSA) is 86.3 Å². The number of aryl methyl sites for hydroxylation is 1. The third kappa shape index (κ3) is 5.26. The average molecular weight is 431 g/mol. The van der Waals surface area contributed by atoms with Gasteiger partial charge < -0.3 is 21.1 Å². The Bertz CT molecular complexity index is 1050. The molecule has 2 heterocycles. The lowest BCUT2D eigenvalue weighted by atomic mass is 9.96. The molecule has 1 aliphatic rings. The maximum absolute atomic E-state index is 11.2. The Morgan fingerprint density at radius 2 is 2.00 bits per heavy atom. The zero-order valence-corrected chi connectivity index (χ0v) is 18.3. The van der Waals surface area contributed by atoms with Crippen molar-refractivity contribution in [3.8, 4) is 0 Å². The number of hydrogen-bond donors (Lipinski definition) is 4. The van der Waals surface area contributed by atoms with Crippen LogP contribution in [-0.2, 0) is 24.1 Å². The van der Waals surface area contributed by atoms with Crippen LogP contribution in [0.2, 0.25) is 0 Å². The van der Waals surface area contributed by atoms with Crippen LogP contribution in [0.25, 0.3) is 0 Å². The highest BCUT2D eigenvalue weighted by Crippen LogP contribution is 2.28. The number of anilines is 2. The predicted molar refractivity (Wildman–Crippen MR) is 128 cm³/mol. The molecule has 0 unspecified atom stereocenters. The van der Waals surface area contributed by atoms with E-state index in [1.807, 2.05) is 24.3 Å². The van der Waals surface area contributed by atoms with E-state index >= 15 is 0 Å². The number of benzene rings is 2. The van der Waals surface area contributed by atoms with Crippen LogP contribution in [0.15, 0.2) is 66.9 Å². The summed E-state index contributed by atoms with van der Waals surface area (Å²) in [6, 6.07) is 20.9. The van der Waals surface area contributed by atoms with E-state index in [0.29, 0.717) is 0 Å². The minimum Gasteiger partial charge on any atom is -0.481 e. The molecule has 166 valence electrons. The second kappa shape index (κ2) is 10.3. The second-order valence-corrected chi connectivity index (χ2v) is 8.15. The Labute approximate surface area is 189 Å². The van der Waals surface area contributed by atoms with Gasteiger partial charge >= 0.3 is 5.97 Å². The van der Waals surface area contributed by atoms with Crippen LogP contribution in [-0.4, -0.2) is 35.2 Å². The van der Waals surface area contributed by atoms with Crippen LogP contribution in [0.1, 0.15) is 35.2 Å². The molecule has 0 saturated carbocycles. The molecule has 0 fully saturated rings. The monoisotopic (exact) mass is 430 g/mol. The summed E-state index contributed by atoms with van der Waals surface area (Å²) < 4.78 is 0. The summed E-state index contributed by atoms with van der Waals surface area (Å²) >= 11 is 0. The van der Waals surface area contributed by atoms with Crippen molar-refractivity contribution >= 4 is 17.5 Å². The van der Waals surface area contributed by atoms with E-state index in [4.69, 9.17) is 0 Å². The van der Waals surface area contributed by atoms with E-state index in [1.54, 1.807) is 6.20 Å². The Balaban J connectivity index is 1.47. The van der Waals surface area contributed by atoms with E-state index in [-0.39, 0.29) is 18.5 Å². The van der Waals surface area contributed by atoms with Gasteiger partial charge in [0.2, 0.25) is 0 Å². The molecule has 32 heavy (non-hydrogen) atoms.